The Labute approximate surface area is 259 Å². The average molecular weight is 573 g/mol. The Bertz CT molecular complexity index is 2540. The van der Waals surface area contributed by atoms with E-state index in [0.717, 1.165) is 39.3 Å². The molecule has 2 aliphatic rings. The first-order chi connectivity index (χ1) is 22.3. The van der Waals surface area contributed by atoms with Gasteiger partial charge in [0.2, 0.25) is 0 Å². The molecule has 0 amide bonds. The molecule has 0 fully saturated rings. The Morgan fingerprint density at radius 1 is 0.533 bits per heavy atom. The van der Waals surface area contributed by atoms with Crippen LogP contribution in [0, 0.1) is 11.3 Å². The number of aromatic nitrogens is 1. The molecule has 10 rings (SSSR count). The quantitative estimate of drug-likeness (QED) is 0.196. The van der Waals surface area contributed by atoms with E-state index in [9.17, 15) is 5.26 Å². The topological polar surface area (TPSA) is 38.0 Å². The molecule has 3 heteroatoms. The Hall–Kier alpha value is -6.11. The van der Waals surface area contributed by atoms with Crippen molar-refractivity contribution >= 4 is 32.6 Å². The second kappa shape index (κ2) is 8.72. The Balaban J connectivity index is 1.39. The molecule has 0 bridgehead atoms. The molecule has 0 radical (unpaired) electrons. The molecular weight excluding hydrogens is 548 g/mol. The van der Waals surface area contributed by atoms with Crippen LogP contribution in [-0.2, 0) is 5.41 Å². The minimum Gasteiger partial charge on any atom is -0.457 e. The summed E-state index contributed by atoms with van der Waals surface area (Å²) in [6, 6.07) is 54.0. The normalized spacial score (nSPS) is 13.7. The van der Waals surface area contributed by atoms with Crippen molar-refractivity contribution in [3.05, 3.63) is 173 Å². The highest BCUT2D eigenvalue weighted by Crippen LogP contribution is 2.62. The van der Waals surface area contributed by atoms with Gasteiger partial charge in [0.15, 0.2) is 0 Å². The largest absolute Gasteiger partial charge is 0.457 e. The van der Waals surface area contributed by atoms with E-state index >= 15 is 0 Å². The lowest BCUT2D eigenvalue weighted by Crippen LogP contribution is -2.32. The molecule has 0 unspecified atom stereocenters. The summed E-state index contributed by atoms with van der Waals surface area (Å²) in [7, 11) is 0. The van der Waals surface area contributed by atoms with Crippen LogP contribution in [0.4, 0.5) is 0 Å². The molecule has 1 aliphatic carbocycles. The lowest BCUT2D eigenvalue weighted by Gasteiger charge is -2.39. The van der Waals surface area contributed by atoms with Gasteiger partial charge in [-0.05, 0) is 64.0 Å². The minimum absolute atomic E-state index is 0.523. The van der Waals surface area contributed by atoms with Crippen LogP contribution in [0.1, 0.15) is 27.8 Å². The van der Waals surface area contributed by atoms with Gasteiger partial charge in [-0.25, -0.2) is 0 Å². The van der Waals surface area contributed by atoms with Gasteiger partial charge in [0.25, 0.3) is 0 Å². The smallest absolute Gasteiger partial charge is 0.134 e. The van der Waals surface area contributed by atoms with E-state index in [2.05, 4.69) is 132 Å². The molecule has 0 saturated carbocycles. The SMILES string of the molecule is N#Cc1ccc(-n2c3cc4c(cc3c3ccc5ccccc5c32)C2(c3ccccc3O4)c3ccccc3-c3ccccc32)cc1. The molecule has 208 valence electrons. The van der Waals surface area contributed by atoms with Gasteiger partial charge in [-0.2, -0.15) is 5.26 Å². The molecule has 0 atom stereocenters. The second-order valence-electron chi connectivity index (χ2n) is 12.0. The van der Waals surface area contributed by atoms with Crippen LogP contribution in [-0.4, -0.2) is 4.57 Å². The van der Waals surface area contributed by atoms with Gasteiger partial charge < -0.3 is 9.30 Å². The molecule has 7 aromatic carbocycles. The van der Waals surface area contributed by atoms with Gasteiger partial charge in [0, 0.05) is 39.0 Å². The fraction of sp³-hybridized carbons (Fsp3) is 0.0238. The summed E-state index contributed by atoms with van der Waals surface area (Å²) in [4.78, 5) is 0. The van der Waals surface area contributed by atoms with Crippen LogP contribution >= 0.6 is 0 Å². The first kappa shape index (κ1) is 24.3. The third-order valence-electron chi connectivity index (χ3n) is 9.88. The van der Waals surface area contributed by atoms with Crippen LogP contribution in [0.2, 0.25) is 0 Å². The molecule has 45 heavy (non-hydrogen) atoms. The van der Waals surface area contributed by atoms with Crippen molar-refractivity contribution in [2.45, 2.75) is 5.41 Å². The predicted octanol–water partition coefficient (Wildman–Crippen LogP) is 10.3. The van der Waals surface area contributed by atoms with Crippen LogP contribution in [0.25, 0.3) is 49.4 Å². The number of benzene rings is 7. The maximum absolute atomic E-state index is 9.52. The zero-order valence-corrected chi connectivity index (χ0v) is 24.2. The lowest BCUT2D eigenvalue weighted by molar-refractivity contribution is 0.437. The van der Waals surface area contributed by atoms with E-state index in [1.807, 2.05) is 24.3 Å². The number of para-hydroxylation sites is 1. The number of rotatable bonds is 1. The minimum atomic E-state index is -0.523. The fourth-order valence-electron chi connectivity index (χ4n) is 8.08. The Morgan fingerprint density at radius 3 is 1.96 bits per heavy atom. The molecular formula is C42H24N2O. The number of nitriles is 1. The molecule has 1 aliphatic heterocycles. The summed E-state index contributed by atoms with van der Waals surface area (Å²) in [6.07, 6.45) is 0. The van der Waals surface area contributed by atoms with Gasteiger partial charge in [-0.3, -0.25) is 0 Å². The summed E-state index contributed by atoms with van der Waals surface area (Å²) in [5.41, 5.74) is 10.7. The summed E-state index contributed by atoms with van der Waals surface area (Å²) in [6.45, 7) is 0. The summed E-state index contributed by atoms with van der Waals surface area (Å²) in [5, 5.41) is 14.2. The number of nitrogens with zero attached hydrogens (tertiary/aromatic N) is 2. The number of ether oxygens (including phenoxy) is 1. The summed E-state index contributed by atoms with van der Waals surface area (Å²) < 4.78 is 9.19. The monoisotopic (exact) mass is 572 g/mol. The highest BCUT2D eigenvalue weighted by Gasteiger charge is 2.51. The van der Waals surface area contributed by atoms with E-state index in [-0.39, 0.29) is 0 Å². The van der Waals surface area contributed by atoms with Gasteiger partial charge in [0.05, 0.1) is 28.1 Å². The second-order valence-corrected chi connectivity index (χ2v) is 12.0. The molecule has 2 heterocycles. The summed E-state index contributed by atoms with van der Waals surface area (Å²) >= 11 is 0. The first-order valence-electron chi connectivity index (χ1n) is 15.2. The van der Waals surface area contributed by atoms with E-state index in [1.54, 1.807) is 0 Å². The maximum atomic E-state index is 9.52. The number of hydrogen-bond acceptors (Lipinski definition) is 2. The van der Waals surface area contributed by atoms with Crippen LogP contribution < -0.4 is 4.74 Å². The van der Waals surface area contributed by atoms with Crippen molar-refractivity contribution in [1.82, 2.24) is 4.57 Å². The van der Waals surface area contributed by atoms with Crippen LogP contribution in [0.3, 0.4) is 0 Å². The maximum Gasteiger partial charge on any atom is 0.134 e. The number of fused-ring (bicyclic) bond motifs is 14. The Kier molecular flexibility index (Phi) is 4.72. The van der Waals surface area contributed by atoms with E-state index in [4.69, 9.17) is 4.74 Å². The Morgan fingerprint density at radius 2 is 1.20 bits per heavy atom. The molecule has 1 aromatic heterocycles. The van der Waals surface area contributed by atoms with E-state index in [1.165, 1.54) is 43.8 Å². The van der Waals surface area contributed by atoms with Crippen molar-refractivity contribution in [2.75, 3.05) is 0 Å². The van der Waals surface area contributed by atoms with Crippen molar-refractivity contribution in [3.8, 4) is 34.4 Å². The molecule has 1 spiro atoms. The molecule has 3 nitrogen and oxygen atoms in total. The highest BCUT2D eigenvalue weighted by molar-refractivity contribution is 6.19. The first-order valence-corrected chi connectivity index (χ1v) is 15.2. The molecule has 0 saturated heterocycles. The van der Waals surface area contributed by atoms with Crippen LogP contribution in [0.15, 0.2) is 146 Å². The van der Waals surface area contributed by atoms with Gasteiger partial charge >= 0.3 is 0 Å². The average Bonchev–Trinajstić information content (AvgIpc) is 3.58. The zero-order chi connectivity index (χ0) is 29.7. The third kappa shape index (κ3) is 3.03. The number of hydrogen-bond donors (Lipinski definition) is 0. The highest BCUT2D eigenvalue weighted by atomic mass is 16.5. The van der Waals surface area contributed by atoms with Crippen molar-refractivity contribution < 1.29 is 4.74 Å². The van der Waals surface area contributed by atoms with Crippen molar-refractivity contribution in [1.29, 1.82) is 5.26 Å². The van der Waals surface area contributed by atoms with E-state index in [0.29, 0.717) is 5.56 Å². The standard InChI is InChI=1S/C42H24N2O/c43-25-26-17-20-28(21-18-26)44-38-24-40-37(23-33(38)32-22-19-27-9-1-2-10-29(27)41(32)44)42(36-15-7-8-16-39(36)45-40)34-13-5-3-11-30(34)31-12-4-6-14-35(31)42/h1-24H. The van der Waals surface area contributed by atoms with Crippen molar-refractivity contribution in [2.24, 2.45) is 0 Å². The van der Waals surface area contributed by atoms with Gasteiger partial charge in [-0.15, -0.1) is 0 Å². The van der Waals surface area contributed by atoms with Crippen molar-refractivity contribution in [3.63, 3.8) is 0 Å². The van der Waals surface area contributed by atoms with Gasteiger partial charge in [-0.1, -0.05) is 103 Å². The van der Waals surface area contributed by atoms with Gasteiger partial charge in [0.1, 0.15) is 11.5 Å². The summed E-state index contributed by atoms with van der Waals surface area (Å²) in [5.74, 6) is 1.73. The molecule has 8 aromatic rings. The van der Waals surface area contributed by atoms with E-state index < -0.39 is 5.41 Å². The third-order valence-corrected chi connectivity index (χ3v) is 9.88. The molecule has 0 N–H and O–H groups in total. The fourth-order valence-corrected chi connectivity index (χ4v) is 8.08. The predicted molar refractivity (Wildman–Crippen MR) is 180 cm³/mol. The van der Waals surface area contributed by atoms with Crippen LogP contribution in [0.5, 0.6) is 11.5 Å². The zero-order valence-electron chi connectivity index (χ0n) is 24.2. The lowest BCUT2D eigenvalue weighted by atomic mass is 9.66.